The van der Waals surface area contributed by atoms with E-state index < -0.39 is 26.6 Å². The van der Waals surface area contributed by atoms with Crippen LogP contribution in [-0.4, -0.2) is 68.5 Å². The lowest BCUT2D eigenvalue weighted by molar-refractivity contribution is -0.870. The van der Waals surface area contributed by atoms with Gasteiger partial charge in [0.1, 0.15) is 13.2 Å². The normalized spacial score (nSPS) is 14.6. The van der Waals surface area contributed by atoms with Gasteiger partial charge in [-0.05, 0) is 64.2 Å². The van der Waals surface area contributed by atoms with Gasteiger partial charge in [-0.25, -0.2) is 0 Å². The number of hydrogen-bond acceptors (Lipinski definition) is 6. The van der Waals surface area contributed by atoms with Crippen LogP contribution in [0.5, 0.6) is 0 Å². The molecule has 0 spiro atoms. The summed E-state index contributed by atoms with van der Waals surface area (Å²) in [5.41, 5.74) is 0. The van der Waals surface area contributed by atoms with E-state index in [2.05, 4.69) is 55.6 Å². The average molecular weight is 851 g/mol. The molecule has 0 aliphatic heterocycles. The molecule has 0 aromatic rings. The van der Waals surface area contributed by atoms with Crippen LogP contribution in [0.1, 0.15) is 213 Å². The first-order valence-corrected chi connectivity index (χ1v) is 26.0. The standard InChI is InChI=1S/C50H95N2O6P/c1-6-8-10-12-14-16-18-19-20-21-22-23-24-25-26-27-28-29-30-31-32-34-35-37-39-41-43-49(53)48(47-58-59(55,56)57-46-45-52(3,4)5)51-50(54)44-42-40-38-36-33-17-15-13-11-9-7-2/h13,15,29-30,34-35,41,43,48-49,53H,6-12,14,16-28,31-33,36-40,42,44-47H2,1-5H3,(H-,51,54,55,56)/b15-13-,30-29+,35-34+,43-41+. The quantitative estimate of drug-likeness (QED) is 0.0274. The minimum atomic E-state index is -4.60. The molecule has 0 saturated carbocycles. The molecule has 0 aliphatic rings. The number of likely N-dealkylation sites (N-methyl/N-ethyl adjacent to an activating group) is 1. The second-order valence-corrected chi connectivity index (χ2v) is 19.2. The van der Waals surface area contributed by atoms with Gasteiger partial charge in [0.2, 0.25) is 5.91 Å². The number of phosphoric acid groups is 1. The Morgan fingerprint density at radius 1 is 0.576 bits per heavy atom. The zero-order valence-electron chi connectivity index (χ0n) is 39.2. The number of quaternary nitrogens is 1. The topological polar surface area (TPSA) is 108 Å². The van der Waals surface area contributed by atoms with E-state index in [0.29, 0.717) is 17.4 Å². The van der Waals surface area contributed by atoms with Gasteiger partial charge >= 0.3 is 0 Å². The molecule has 0 aromatic heterocycles. The molecule has 0 aliphatic carbocycles. The van der Waals surface area contributed by atoms with Crippen LogP contribution < -0.4 is 10.2 Å². The number of aliphatic hydroxyl groups is 1. The van der Waals surface area contributed by atoms with Crippen molar-refractivity contribution < 1.29 is 32.9 Å². The molecule has 0 fully saturated rings. The van der Waals surface area contributed by atoms with Crippen LogP contribution in [0.15, 0.2) is 48.6 Å². The number of allylic oxidation sites excluding steroid dienone is 7. The fraction of sp³-hybridized carbons (Fsp3) is 0.820. The number of carbonyl (C=O) groups excluding carboxylic acids is 1. The van der Waals surface area contributed by atoms with Gasteiger partial charge in [-0.3, -0.25) is 9.36 Å². The van der Waals surface area contributed by atoms with E-state index in [-0.39, 0.29) is 12.5 Å². The molecule has 0 aromatic carbocycles. The van der Waals surface area contributed by atoms with Crippen molar-refractivity contribution in [3.05, 3.63) is 48.6 Å². The van der Waals surface area contributed by atoms with Crippen LogP contribution >= 0.6 is 7.82 Å². The van der Waals surface area contributed by atoms with E-state index in [4.69, 9.17) is 9.05 Å². The number of nitrogens with one attached hydrogen (secondary N) is 1. The van der Waals surface area contributed by atoms with Crippen molar-refractivity contribution in [2.75, 3.05) is 40.9 Å². The summed E-state index contributed by atoms with van der Waals surface area (Å²) < 4.78 is 23.2. The van der Waals surface area contributed by atoms with E-state index in [1.807, 2.05) is 27.2 Å². The van der Waals surface area contributed by atoms with Crippen LogP contribution in [0.25, 0.3) is 0 Å². The van der Waals surface area contributed by atoms with Crippen LogP contribution in [-0.2, 0) is 18.4 Å². The Hall–Kier alpha value is -1.54. The molecule has 346 valence electrons. The Balaban J connectivity index is 4.31. The molecular formula is C50H95N2O6P. The number of nitrogens with zero attached hydrogens (tertiary/aromatic N) is 1. The van der Waals surface area contributed by atoms with Crippen molar-refractivity contribution in [2.24, 2.45) is 0 Å². The third kappa shape index (κ3) is 44.3. The van der Waals surface area contributed by atoms with Crippen molar-refractivity contribution in [1.82, 2.24) is 5.32 Å². The van der Waals surface area contributed by atoms with Gasteiger partial charge in [0.25, 0.3) is 7.82 Å². The van der Waals surface area contributed by atoms with E-state index in [9.17, 15) is 19.4 Å². The van der Waals surface area contributed by atoms with Crippen molar-refractivity contribution in [2.45, 2.75) is 225 Å². The minimum Gasteiger partial charge on any atom is -0.756 e. The van der Waals surface area contributed by atoms with Crippen molar-refractivity contribution >= 4 is 13.7 Å². The summed E-state index contributed by atoms with van der Waals surface area (Å²) in [7, 11) is 1.23. The molecular weight excluding hydrogens is 756 g/mol. The first-order chi connectivity index (χ1) is 28.5. The van der Waals surface area contributed by atoms with Gasteiger partial charge in [0.15, 0.2) is 0 Å². The van der Waals surface area contributed by atoms with Gasteiger partial charge < -0.3 is 28.8 Å². The summed E-state index contributed by atoms with van der Waals surface area (Å²) in [4.78, 5) is 25.3. The Bertz CT molecular complexity index is 1100. The molecule has 3 unspecified atom stereocenters. The second-order valence-electron chi connectivity index (χ2n) is 17.8. The highest BCUT2D eigenvalue weighted by Crippen LogP contribution is 2.38. The molecule has 2 N–H and O–H groups in total. The molecule has 8 nitrogen and oxygen atoms in total. The number of carbonyl (C=O) groups is 1. The Labute approximate surface area is 365 Å². The van der Waals surface area contributed by atoms with Gasteiger partial charge in [-0.2, -0.15) is 0 Å². The lowest BCUT2D eigenvalue weighted by atomic mass is 10.0. The Morgan fingerprint density at radius 3 is 1.42 bits per heavy atom. The molecule has 0 saturated heterocycles. The summed E-state index contributed by atoms with van der Waals surface area (Å²) >= 11 is 0. The molecule has 1 amide bonds. The van der Waals surface area contributed by atoms with E-state index >= 15 is 0 Å². The van der Waals surface area contributed by atoms with Crippen LogP contribution in [0, 0.1) is 0 Å². The number of phosphoric ester groups is 1. The Morgan fingerprint density at radius 2 is 0.966 bits per heavy atom. The smallest absolute Gasteiger partial charge is 0.268 e. The molecule has 0 heterocycles. The number of unbranched alkanes of at least 4 members (excludes halogenated alkanes) is 25. The fourth-order valence-corrected chi connectivity index (χ4v) is 7.54. The summed E-state index contributed by atoms with van der Waals surface area (Å²) in [5, 5.41) is 13.7. The van der Waals surface area contributed by atoms with Gasteiger partial charge in [-0.15, -0.1) is 0 Å². The maximum atomic E-state index is 12.8. The maximum Gasteiger partial charge on any atom is 0.268 e. The lowest BCUT2D eigenvalue weighted by Gasteiger charge is -2.29. The third-order valence-corrected chi connectivity index (χ3v) is 11.7. The third-order valence-electron chi connectivity index (χ3n) is 10.7. The minimum absolute atomic E-state index is 0.0116. The van der Waals surface area contributed by atoms with Crippen LogP contribution in [0.3, 0.4) is 0 Å². The zero-order valence-corrected chi connectivity index (χ0v) is 40.1. The number of hydrogen-bond donors (Lipinski definition) is 2. The SMILES string of the molecule is CCCC/C=C\CCCCCCCC(=O)NC(COP(=O)([O-])OCC[N+](C)(C)C)C(O)/C=C/CC/C=C/CC/C=C/CCCCCCCCCCCCCCCCCC. The largest absolute Gasteiger partial charge is 0.756 e. The molecule has 9 heteroatoms. The lowest BCUT2D eigenvalue weighted by Crippen LogP contribution is -2.45. The maximum absolute atomic E-state index is 12.8. The predicted molar refractivity (Wildman–Crippen MR) is 251 cm³/mol. The summed E-state index contributed by atoms with van der Waals surface area (Å²) in [6.07, 6.45) is 53.3. The summed E-state index contributed by atoms with van der Waals surface area (Å²) in [6, 6.07) is -0.913. The summed E-state index contributed by atoms with van der Waals surface area (Å²) in [5.74, 6) is -0.224. The monoisotopic (exact) mass is 851 g/mol. The summed E-state index contributed by atoms with van der Waals surface area (Å²) in [6.45, 7) is 4.57. The highest BCUT2D eigenvalue weighted by atomic mass is 31.2. The fourth-order valence-electron chi connectivity index (χ4n) is 6.81. The molecule has 3 atom stereocenters. The number of aliphatic hydroxyl groups excluding tert-OH is 1. The molecule has 0 bridgehead atoms. The van der Waals surface area contributed by atoms with E-state index in [1.54, 1.807) is 6.08 Å². The van der Waals surface area contributed by atoms with Crippen molar-refractivity contribution in [3.63, 3.8) is 0 Å². The zero-order chi connectivity index (χ0) is 43.6. The molecule has 0 radical (unpaired) electrons. The first kappa shape index (κ1) is 57.5. The van der Waals surface area contributed by atoms with Crippen LogP contribution in [0.4, 0.5) is 0 Å². The molecule has 0 rings (SSSR count). The van der Waals surface area contributed by atoms with Crippen LogP contribution in [0.2, 0.25) is 0 Å². The van der Waals surface area contributed by atoms with Gasteiger partial charge in [0.05, 0.1) is 39.9 Å². The number of rotatable bonds is 44. The van der Waals surface area contributed by atoms with Crippen molar-refractivity contribution in [3.8, 4) is 0 Å². The van der Waals surface area contributed by atoms with Gasteiger partial charge in [0, 0.05) is 6.42 Å². The van der Waals surface area contributed by atoms with Crippen molar-refractivity contribution in [1.29, 1.82) is 0 Å². The van der Waals surface area contributed by atoms with E-state index in [0.717, 1.165) is 70.6 Å². The van der Waals surface area contributed by atoms with Gasteiger partial charge in [-0.1, -0.05) is 191 Å². The molecule has 59 heavy (non-hydrogen) atoms. The van der Waals surface area contributed by atoms with E-state index in [1.165, 1.54) is 122 Å². The Kier molecular flexibility index (Phi) is 40.7. The predicted octanol–water partition coefficient (Wildman–Crippen LogP) is 13.4. The highest BCUT2D eigenvalue weighted by molar-refractivity contribution is 7.45. The average Bonchev–Trinajstić information content (AvgIpc) is 3.19. The number of amides is 1. The second kappa shape index (κ2) is 41.8. The highest BCUT2D eigenvalue weighted by Gasteiger charge is 2.23. The first-order valence-electron chi connectivity index (χ1n) is 24.5.